The van der Waals surface area contributed by atoms with Gasteiger partial charge in [0.2, 0.25) is 11.8 Å². The Kier molecular flexibility index (Phi) is 7.03. The van der Waals surface area contributed by atoms with Crippen LogP contribution in [0, 0.1) is 13.8 Å². The van der Waals surface area contributed by atoms with Crippen LogP contribution < -0.4 is 20.1 Å². The van der Waals surface area contributed by atoms with Crippen LogP contribution in [0.5, 0.6) is 5.75 Å². The molecule has 0 atom stereocenters. The number of carbonyl (C=O) groups is 2. The molecule has 9 heteroatoms. The van der Waals surface area contributed by atoms with Crippen molar-refractivity contribution in [3.8, 4) is 5.75 Å². The number of ether oxygens (including phenoxy) is 1. The molecule has 2 amide bonds. The Morgan fingerprint density at radius 3 is 2.12 bits per heavy atom. The van der Waals surface area contributed by atoms with Crippen LogP contribution in [-0.4, -0.2) is 33.9 Å². The van der Waals surface area contributed by atoms with Crippen molar-refractivity contribution in [2.24, 2.45) is 5.73 Å². The first-order valence-corrected chi connectivity index (χ1v) is 11.5. The van der Waals surface area contributed by atoms with Gasteiger partial charge in [0.25, 0.3) is 10.0 Å². The second-order valence-corrected chi connectivity index (χ2v) is 9.32. The molecule has 3 N–H and O–H groups in total. The van der Waals surface area contributed by atoms with Crippen molar-refractivity contribution in [1.29, 1.82) is 0 Å². The molecular weight excluding hydrogens is 442 g/mol. The fraction of sp³-hybridized carbons (Fsp3) is 0.167. The zero-order chi connectivity index (χ0) is 24.2. The highest BCUT2D eigenvalue weighted by molar-refractivity contribution is 7.93. The van der Waals surface area contributed by atoms with E-state index < -0.39 is 28.4 Å². The van der Waals surface area contributed by atoms with E-state index in [0.29, 0.717) is 16.9 Å². The number of methoxy groups -OCH3 is 1. The summed E-state index contributed by atoms with van der Waals surface area (Å²) in [6.45, 7) is 3.19. The molecule has 33 heavy (non-hydrogen) atoms. The van der Waals surface area contributed by atoms with Crippen LogP contribution in [-0.2, 0) is 14.8 Å². The second-order valence-electron chi connectivity index (χ2n) is 7.49. The van der Waals surface area contributed by atoms with E-state index in [1.165, 1.54) is 37.4 Å². The number of sulfonamides is 1. The topological polar surface area (TPSA) is 119 Å². The SMILES string of the molecule is COc1ccc(C)cc1S(=O)(=O)N(CC(=O)Nc1ccc(C(N)=O)cc1)c1ccc(C)cc1. The number of hydrogen-bond acceptors (Lipinski definition) is 5. The number of hydrogen-bond donors (Lipinski definition) is 2. The first-order chi connectivity index (χ1) is 15.6. The normalized spacial score (nSPS) is 11.0. The Bertz CT molecular complexity index is 1270. The summed E-state index contributed by atoms with van der Waals surface area (Å²) in [6.07, 6.45) is 0. The molecule has 0 fully saturated rings. The van der Waals surface area contributed by atoms with Gasteiger partial charge in [-0.1, -0.05) is 23.8 Å². The van der Waals surface area contributed by atoms with Crippen molar-refractivity contribution in [3.05, 3.63) is 83.4 Å². The summed E-state index contributed by atoms with van der Waals surface area (Å²) in [4.78, 5) is 24.0. The molecule has 0 aromatic heterocycles. The highest BCUT2D eigenvalue weighted by atomic mass is 32.2. The average molecular weight is 468 g/mol. The van der Waals surface area contributed by atoms with Gasteiger partial charge in [-0.05, 0) is 67.9 Å². The predicted molar refractivity (Wildman–Crippen MR) is 127 cm³/mol. The molecule has 0 bridgehead atoms. The van der Waals surface area contributed by atoms with E-state index in [2.05, 4.69) is 5.32 Å². The molecule has 3 aromatic rings. The van der Waals surface area contributed by atoms with Crippen LogP contribution in [0.3, 0.4) is 0 Å². The van der Waals surface area contributed by atoms with E-state index in [9.17, 15) is 18.0 Å². The molecular formula is C24H25N3O5S. The van der Waals surface area contributed by atoms with Crippen LogP contribution in [0.25, 0.3) is 0 Å². The van der Waals surface area contributed by atoms with E-state index in [1.54, 1.807) is 43.3 Å². The van der Waals surface area contributed by atoms with E-state index in [0.717, 1.165) is 15.4 Å². The third-order valence-corrected chi connectivity index (χ3v) is 6.74. The van der Waals surface area contributed by atoms with Gasteiger partial charge in [-0.3, -0.25) is 13.9 Å². The number of anilines is 2. The highest BCUT2D eigenvalue weighted by Gasteiger charge is 2.30. The lowest BCUT2D eigenvalue weighted by Crippen LogP contribution is -2.38. The average Bonchev–Trinajstić information content (AvgIpc) is 2.78. The molecule has 3 rings (SSSR count). The smallest absolute Gasteiger partial charge is 0.268 e. The van der Waals surface area contributed by atoms with Crippen molar-refractivity contribution >= 4 is 33.2 Å². The van der Waals surface area contributed by atoms with E-state index >= 15 is 0 Å². The lowest BCUT2D eigenvalue weighted by molar-refractivity contribution is -0.114. The van der Waals surface area contributed by atoms with Crippen molar-refractivity contribution < 1.29 is 22.7 Å². The molecule has 0 aliphatic heterocycles. The van der Waals surface area contributed by atoms with Gasteiger partial charge in [0.05, 0.1) is 12.8 Å². The molecule has 0 saturated heterocycles. The number of carbonyl (C=O) groups excluding carboxylic acids is 2. The number of nitrogens with zero attached hydrogens (tertiary/aromatic N) is 1. The van der Waals surface area contributed by atoms with Crippen molar-refractivity contribution in [3.63, 3.8) is 0 Å². The van der Waals surface area contributed by atoms with Gasteiger partial charge in [-0.2, -0.15) is 0 Å². The Balaban J connectivity index is 1.96. The molecule has 172 valence electrons. The van der Waals surface area contributed by atoms with Crippen LogP contribution in [0.15, 0.2) is 71.6 Å². The Morgan fingerprint density at radius 1 is 0.939 bits per heavy atom. The predicted octanol–water partition coefficient (Wildman–Crippen LogP) is 3.24. The quantitative estimate of drug-likeness (QED) is 0.527. The van der Waals surface area contributed by atoms with Crippen molar-refractivity contribution in [2.45, 2.75) is 18.7 Å². The maximum Gasteiger partial charge on any atom is 0.268 e. The number of rotatable bonds is 8. The zero-order valence-corrected chi connectivity index (χ0v) is 19.3. The fourth-order valence-corrected chi connectivity index (χ4v) is 4.84. The second kappa shape index (κ2) is 9.74. The molecule has 0 aliphatic rings. The fourth-order valence-electron chi connectivity index (χ4n) is 3.18. The van der Waals surface area contributed by atoms with Gasteiger partial charge in [0.1, 0.15) is 17.2 Å². The van der Waals surface area contributed by atoms with Gasteiger partial charge in [-0.15, -0.1) is 0 Å². The number of nitrogens with one attached hydrogen (secondary N) is 1. The summed E-state index contributed by atoms with van der Waals surface area (Å²) >= 11 is 0. The molecule has 0 aliphatic carbocycles. The van der Waals surface area contributed by atoms with Crippen LogP contribution in [0.2, 0.25) is 0 Å². The molecule has 0 radical (unpaired) electrons. The first-order valence-electron chi connectivity index (χ1n) is 10.1. The number of primary amides is 1. The summed E-state index contributed by atoms with van der Waals surface area (Å²) in [6, 6.07) is 17.7. The maximum absolute atomic E-state index is 13.7. The Morgan fingerprint density at radius 2 is 1.55 bits per heavy atom. The van der Waals surface area contributed by atoms with Crippen LogP contribution in [0.1, 0.15) is 21.5 Å². The monoisotopic (exact) mass is 467 g/mol. The number of amides is 2. The number of nitrogens with two attached hydrogens (primary N) is 1. The third kappa shape index (κ3) is 5.50. The first kappa shape index (κ1) is 23.8. The summed E-state index contributed by atoms with van der Waals surface area (Å²) in [7, 11) is -2.76. The van der Waals surface area contributed by atoms with Crippen molar-refractivity contribution in [2.75, 3.05) is 23.3 Å². The highest BCUT2D eigenvalue weighted by Crippen LogP contribution is 2.31. The van der Waals surface area contributed by atoms with Gasteiger partial charge in [-0.25, -0.2) is 8.42 Å². The lowest BCUT2D eigenvalue weighted by Gasteiger charge is -2.25. The molecule has 0 spiro atoms. The molecule has 0 saturated carbocycles. The lowest BCUT2D eigenvalue weighted by atomic mass is 10.2. The van der Waals surface area contributed by atoms with Crippen molar-refractivity contribution in [1.82, 2.24) is 0 Å². The maximum atomic E-state index is 13.7. The molecule has 0 unspecified atom stereocenters. The molecule has 8 nitrogen and oxygen atoms in total. The molecule has 0 heterocycles. The van der Waals surface area contributed by atoms with Gasteiger partial charge < -0.3 is 15.8 Å². The number of benzene rings is 3. The van der Waals surface area contributed by atoms with Gasteiger partial charge >= 0.3 is 0 Å². The van der Waals surface area contributed by atoms with Crippen LogP contribution >= 0.6 is 0 Å². The minimum absolute atomic E-state index is 0.0378. The van der Waals surface area contributed by atoms with Gasteiger partial charge in [0, 0.05) is 11.3 Å². The van der Waals surface area contributed by atoms with E-state index in [4.69, 9.17) is 10.5 Å². The summed E-state index contributed by atoms with van der Waals surface area (Å²) in [5.41, 5.74) is 7.95. The largest absolute Gasteiger partial charge is 0.495 e. The third-order valence-electron chi connectivity index (χ3n) is 4.95. The number of aryl methyl sites for hydroxylation is 2. The Labute approximate surface area is 193 Å². The summed E-state index contributed by atoms with van der Waals surface area (Å²) in [5, 5.41) is 2.65. The Hall–Kier alpha value is -3.85. The minimum atomic E-state index is -4.15. The van der Waals surface area contributed by atoms with Gasteiger partial charge in [0.15, 0.2) is 0 Å². The van der Waals surface area contributed by atoms with E-state index in [-0.39, 0.29) is 10.6 Å². The summed E-state index contributed by atoms with van der Waals surface area (Å²) in [5.74, 6) is -0.964. The minimum Gasteiger partial charge on any atom is -0.495 e. The molecule has 3 aromatic carbocycles. The standard InChI is InChI=1S/C24H25N3O5S/c1-16-4-11-20(12-5-16)27(33(30,31)22-14-17(2)6-13-21(22)32-3)15-23(28)26-19-9-7-18(8-10-19)24(25)29/h4-14H,15H2,1-3H3,(H2,25,29)(H,26,28). The van der Waals surface area contributed by atoms with Crippen LogP contribution in [0.4, 0.5) is 11.4 Å². The van der Waals surface area contributed by atoms with E-state index in [1.807, 2.05) is 6.92 Å². The zero-order valence-electron chi connectivity index (χ0n) is 18.5. The summed E-state index contributed by atoms with van der Waals surface area (Å²) < 4.78 is 33.7.